The molecule has 0 saturated carbocycles. The van der Waals surface area contributed by atoms with Crippen LogP contribution in [0.4, 0.5) is 25.8 Å². The Kier molecular flexibility index (Phi) is 4.93. The van der Waals surface area contributed by atoms with Gasteiger partial charge < -0.3 is 10.6 Å². The number of pyridine rings is 1. The molecule has 0 fully saturated rings. The van der Waals surface area contributed by atoms with Crippen LogP contribution in [-0.2, 0) is 0 Å². The third kappa shape index (κ3) is 3.85. The van der Waals surface area contributed by atoms with Crippen molar-refractivity contribution in [2.24, 2.45) is 0 Å². The third-order valence-corrected chi connectivity index (χ3v) is 4.00. The summed E-state index contributed by atoms with van der Waals surface area (Å²) in [6, 6.07) is 10.8. The van der Waals surface area contributed by atoms with Crippen molar-refractivity contribution >= 4 is 23.0 Å². The molecular formula is C20H17F2N3O. The summed E-state index contributed by atoms with van der Waals surface area (Å²) in [6.45, 7) is 4.03. The number of rotatable bonds is 4. The van der Waals surface area contributed by atoms with Gasteiger partial charge in [0.1, 0.15) is 17.3 Å². The van der Waals surface area contributed by atoms with E-state index >= 15 is 0 Å². The van der Waals surface area contributed by atoms with E-state index in [1.807, 2.05) is 32.0 Å². The molecule has 26 heavy (non-hydrogen) atoms. The lowest BCUT2D eigenvalue weighted by atomic mass is 10.1. The van der Waals surface area contributed by atoms with Crippen LogP contribution in [0.5, 0.6) is 0 Å². The number of aryl methyl sites for hydroxylation is 2. The quantitative estimate of drug-likeness (QED) is 0.696. The Hall–Kier alpha value is -3.28. The number of benzene rings is 2. The molecule has 0 atom stereocenters. The number of aromatic nitrogens is 1. The summed E-state index contributed by atoms with van der Waals surface area (Å²) in [5.74, 6) is -2.32. The highest BCUT2D eigenvalue weighted by molar-refractivity contribution is 6.04. The zero-order valence-electron chi connectivity index (χ0n) is 14.3. The average molecular weight is 353 g/mol. The van der Waals surface area contributed by atoms with E-state index < -0.39 is 23.2 Å². The van der Waals surface area contributed by atoms with E-state index in [0.29, 0.717) is 5.69 Å². The molecule has 0 unspecified atom stereocenters. The summed E-state index contributed by atoms with van der Waals surface area (Å²) in [4.78, 5) is 16.3. The van der Waals surface area contributed by atoms with Crippen LogP contribution < -0.4 is 10.6 Å². The van der Waals surface area contributed by atoms with E-state index in [1.54, 1.807) is 12.3 Å². The number of nitrogens with one attached hydrogen (secondary N) is 2. The van der Waals surface area contributed by atoms with Crippen molar-refractivity contribution in [2.45, 2.75) is 13.8 Å². The average Bonchev–Trinajstić information content (AvgIpc) is 2.61. The third-order valence-electron chi connectivity index (χ3n) is 4.00. The Morgan fingerprint density at radius 3 is 2.35 bits per heavy atom. The van der Waals surface area contributed by atoms with Crippen LogP contribution >= 0.6 is 0 Å². The molecule has 2 aromatic carbocycles. The van der Waals surface area contributed by atoms with E-state index in [0.717, 1.165) is 23.4 Å². The number of nitrogens with zero attached hydrogens (tertiary/aromatic N) is 1. The fourth-order valence-corrected chi connectivity index (χ4v) is 2.42. The van der Waals surface area contributed by atoms with Gasteiger partial charge in [0.15, 0.2) is 0 Å². The second kappa shape index (κ2) is 7.31. The summed E-state index contributed by atoms with van der Waals surface area (Å²) in [7, 11) is 0. The van der Waals surface area contributed by atoms with Gasteiger partial charge in [0, 0.05) is 11.9 Å². The molecule has 2 N–H and O–H groups in total. The van der Waals surface area contributed by atoms with Gasteiger partial charge in [-0.05, 0) is 55.3 Å². The van der Waals surface area contributed by atoms with Crippen molar-refractivity contribution in [3.63, 3.8) is 0 Å². The van der Waals surface area contributed by atoms with Crippen LogP contribution in [0.1, 0.15) is 21.5 Å². The topological polar surface area (TPSA) is 54.0 Å². The van der Waals surface area contributed by atoms with Crippen LogP contribution in [-0.4, -0.2) is 10.9 Å². The molecule has 0 aliphatic rings. The van der Waals surface area contributed by atoms with Crippen LogP contribution in [0.2, 0.25) is 0 Å². The van der Waals surface area contributed by atoms with E-state index in [2.05, 4.69) is 15.6 Å². The molecule has 3 aromatic rings. The van der Waals surface area contributed by atoms with E-state index in [4.69, 9.17) is 0 Å². The maximum absolute atomic E-state index is 13.7. The highest BCUT2D eigenvalue weighted by Crippen LogP contribution is 2.22. The Labute approximate surface area is 149 Å². The van der Waals surface area contributed by atoms with E-state index in [9.17, 15) is 13.6 Å². The van der Waals surface area contributed by atoms with Gasteiger partial charge in [0.2, 0.25) is 0 Å². The van der Waals surface area contributed by atoms with Crippen molar-refractivity contribution < 1.29 is 13.6 Å². The standard InChI is InChI=1S/C20H17F2N3O/c1-12-6-7-15(8-13(12)2)24-16-9-14(10-23-11-16)20(26)25-19-17(21)4-3-5-18(19)22/h3-11,24H,1-2H3,(H,25,26). The van der Waals surface area contributed by atoms with Crippen molar-refractivity contribution in [2.75, 3.05) is 10.6 Å². The number of hydrogen-bond acceptors (Lipinski definition) is 3. The van der Waals surface area contributed by atoms with E-state index in [-0.39, 0.29) is 5.56 Å². The Morgan fingerprint density at radius 2 is 1.65 bits per heavy atom. The predicted molar refractivity (Wildman–Crippen MR) is 97.7 cm³/mol. The number of para-hydroxylation sites is 1. The molecule has 1 amide bonds. The van der Waals surface area contributed by atoms with Crippen LogP contribution in [0, 0.1) is 25.5 Å². The molecule has 0 aliphatic heterocycles. The van der Waals surface area contributed by atoms with Crippen molar-refractivity contribution in [1.29, 1.82) is 0 Å². The van der Waals surface area contributed by atoms with E-state index in [1.165, 1.54) is 17.8 Å². The molecule has 0 radical (unpaired) electrons. The molecule has 1 aromatic heterocycles. The molecule has 132 valence electrons. The van der Waals surface area contributed by atoms with Crippen LogP contribution in [0.25, 0.3) is 0 Å². The Morgan fingerprint density at radius 1 is 0.923 bits per heavy atom. The lowest BCUT2D eigenvalue weighted by molar-refractivity contribution is 0.102. The minimum atomic E-state index is -0.837. The molecule has 0 saturated heterocycles. The highest BCUT2D eigenvalue weighted by Gasteiger charge is 2.14. The van der Waals surface area contributed by atoms with Crippen LogP contribution in [0.15, 0.2) is 54.9 Å². The zero-order chi connectivity index (χ0) is 18.7. The first-order chi connectivity index (χ1) is 12.4. The normalized spacial score (nSPS) is 10.5. The van der Waals surface area contributed by atoms with Gasteiger partial charge in [-0.3, -0.25) is 9.78 Å². The number of carbonyl (C=O) groups excluding carboxylic acids is 1. The first kappa shape index (κ1) is 17.5. The van der Waals surface area contributed by atoms with Crippen molar-refractivity contribution in [3.05, 3.63) is 83.2 Å². The summed E-state index contributed by atoms with van der Waals surface area (Å²) in [6.07, 6.45) is 2.90. The Balaban J connectivity index is 1.80. The Bertz CT molecular complexity index is 953. The van der Waals surface area contributed by atoms with Gasteiger partial charge in [0.05, 0.1) is 17.4 Å². The summed E-state index contributed by atoms with van der Waals surface area (Å²) >= 11 is 0. The number of anilines is 3. The molecule has 3 rings (SSSR count). The maximum atomic E-state index is 13.7. The van der Waals surface area contributed by atoms with Gasteiger partial charge >= 0.3 is 0 Å². The predicted octanol–water partition coefficient (Wildman–Crippen LogP) is 4.97. The van der Waals surface area contributed by atoms with Gasteiger partial charge in [-0.15, -0.1) is 0 Å². The monoisotopic (exact) mass is 353 g/mol. The fraction of sp³-hybridized carbons (Fsp3) is 0.100. The van der Waals surface area contributed by atoms with Crippen molar-refractivity contribution in [3.8, 4) is 0 Å². The molecule has 0 aliphatic carbocycles. The largest absolute Gasteiger partial charge is 0.354 e. The number of amides is 1. The zero-order valence-corrected chi connectivity index (χ0v) is 14.3. The van der Waals surface area contributed by atoms with Gasteiger partial charge in [-0.25, -0.2) is 8.78 Å². The highest BCUT2D eigenvalue weighted by atomic mass is 19.1. The number of halogens is 2. The summed E-state index contributed by atoms with van der Waals surface area (Å²) in [5.41, 5.74) is 3.45. The molecule has 6 heteroatoms. The lowest BCUT2D eigenvalue weighted by Crippen LogP contribution is -2.14. The van der Waals surface area contributed by atoms with Gasteiger partial charge in [-0.1, -0.05) is 12.1 Å². The molecule has 0 spiro atoms. The number of hydrogen-bond donors (Lipinski definition) is 2. The molecule has 0 bridgehead atoms. The molecule has 4 nitrogen and oxygen atoms in total. The SMILES string of the molecule is Cc1ccc(Nc2cncc(C(=O)Nc3c(F)cccc3F)c2)cc1C. The fourth-order valence-electron chi connectivity index (χ4n) is 2.42. The van der Waals surface area contributed by atoms with Crippen molar-refractivity contribution in [1.82, 2.24) is 4.98 Å². The maximum Gasteiger partial charge on any atom is 0.257 e. The van der Waals surface area contributed by atoms with Gasteiger partial charge in [-0.2, -0.15) is 0 Å². The van der Waals surface area contributed by atoms with Crippen LogP contribution in [0.3, 0.4) is 0 Å². The smallest absolute Gasteiger partial charge is 0.257 e. The first-order valence-corrected chi connectivity index (χ1v) is 7.99. The molecular weight excluding hydrogens is 336 g/mol. The second-order valence-electron chi connectivity index (χ2n) is 5.94. The minimum Gasteiger partial charge on any atom is -0.354 e. The second-order valence-corrected chi connectivity index (χ2v) is 5.94. The van der Waals surface area contributed by atoms with Gasteiger partial charge in [0.25, 0.3) is 5.91 Å². The summed E-state index contributed by atoms with van der Waals surface area (Å²) < 4.78 is 27.4. The summed E-state index contributed by atoms with van der Waals surface area (Å²) in [5, 5.41) is 5.41. The first-order valence-electron chi connectivity index (χ1n) is 7.99. The minimum absolute atomic E-state index is 0.182. The number of carbonyl (C=O) groups is 1. The molecule has 1 heterocycles. The lowest BCUT2D eigenvalue weighted by Gasteiger charge is -2.11.